The quantitative estimate of drug-likeness (QED) is 0.710. The van der Waals surface area contributed by atoms with Crippen LogP contribution >= 0.6 is 11.3 Å². The van der Waals surface area contributed by atoms with Crippen molar-refractivity contribution in [3.05, 3.63) is 76.9 Å². The van der Waals surface area contributed by atoms with Crippen molar-refractivity contribution in [2.75, 3.05) is 6.54 Å². The lowest BCUT2D eigenvalue weighted by Gasteiger charge is -2.15. The molecule has 0 aliphatic carbocycles. The Morgan fingerprint density at radius 2 is 1.88 bits per heavy atom. The first-order valence-corrected chi connectivity index (χ1v) is 9.16. The zero-order chi connectivity index (χ0) is 17.1. The van der Waals surface area contributed by atoms with Gasteiger partial charge in [0.2, 0.25) is 0 Å². The molecule has 0 atom stereocenters. The molecule has 4 heteroatoms. The SMILES string of the molecule is Oc1ccc(-c2ccc(/C=C3\CCCN=C3c3cccnc3)s2)cc1. The van der Waals surface area contributed by atoms with Crippen LogP contribution in [0.5, 0.6) is 5.75 Å². The van der Waals surface area contributed by atoms with Gasteiger partial charge in [-0.25, -0.2) is 0 Å². The van der Waals surface area contributed by atoms with Gasteiger partial charge < -0.3 is 5.11 Å². The van der Waals surface area contributed by atoms with Crippen molar-refractivity contribution in [3.63, 3.8) is 0 Å². The lowest BCUT2D eigenvalue weighted by Crippen LogP contribution is -2.11. The van der Waals surface area contributed by atoms with Crippen LogP contribution in [0.4, 0.5) is 0 Å². The van der Waals surface area contributed by atoms with Gasteiger partial charge >= 0.3 is 0 Å². The number of benzene rings is 1. The largest absolute Gasteiger partial charge is 0.508 e. The van der Waals surface area contributed by atoms with Crippen LogP contribution in [-0.4, -0.2) is 22.3 Å². The topological polar surface area (TPSA) is 45.5 Å². The van der Waals surface area contributed by atoms with E-state index in [-0.39, 0.29) is 0 Å². The van der Waals surface area contributed by atoms with Crippen LogP contribution in [0.3, 0.4) is 0 Å². The third-order valence-electron chi connectivity index (χ3n) is 4.21. The van der Waals surface area contributed by atoms with E-state index in [9.17, 15) is 5.11 Å². The maximum Gasteiger partial charge on any atom is 0.115 e. The van der Waals surface area contributed by atoms with E-state index in [0.29, 0.717) is 5.75 Å². The fourth-order valence-electron chi connectivity index (χ4n) is 2.98. The minimum Gasteiger partial charge on any atom is -0.508 e. The van der Waals surface area contributed by atoms with E-state index >= 15 is 0 Å². The molecule has 0 saturated carbocycles. The van der Waals surface area contributed by atoms with E-state index in [1.165, 1.54) is 15.3 Å². The predicted molar refractivity (Wildman–Crippen MR) is 104 cm³/mol. The second-order valence-corrected chi connectivity index (χ2v) is 7.11. The molecule has 0 radical (unpaired) electrons. The van der Waals surface area contributed by atoms with Crippen LogP contribution in [0.15, 0.2) is 71.5 Å². The fraction of sp³-hybridized carbons (Fsp3) is 0.143. The van der Waals surface area contributed by atoms with Crippen LogP contribution < -0.4 is 0 Å². The van der Waals surface area contributed by atoms with Gasteiger partial charge in [-0.15, -0.1) is 11.3 Å². The van der Waals surface area contributed by atoms with Crippen LogP contribution in [0.2, 0.25) is 0 Å². The lowest BCUT2D eigenvalue weighted by molar-refractivity contribution is 0.475. The third-order valence-corrected chi connectivity index (χ3v) is 5.29. The van der Waals surface area contributed by atoms with Crippen molar-refractivity contribution in [1.29, 1.82) is 0 Å². The van der Waals surface area contributed by atoms with Crippen molar-refractivity contribution in [1.82, 2.24) is 4.98 Å². The summed E-state index contributed by atoms with van der Waals surface area (Å²) < 4.78 is 0. The molecule has 4 rings (SSSR count). The number of hydrogen-bond donors (Lipinski definition) is 1. The van der Waals surface area contributed by atoms with Crippen LogP contribution in [-0.2, 0) is 0 Å². The molecule has 0 bridgehead atoms. The Morgan fingerprint density at radius 3 is 2.68 bits per heavy atom. The number of pyridine rings is 1. The van der Waals surface area contributed by atoms with Gasteiger partial charge in [0.05, 0.1) is 5.71 Å². The number of aliphatic imine (C=N–C) groups is 1. The monoisotopic (exact) mass is 346 g/mol. The number of phenols is 1. The van der Waals surface area contributed by atoms with Gasteiger partial charge in [-0.3, -0.25) is 9.98 Å². The van der Waals surface area contributed by atoms with Crippen LogP contribution in [0, 0.1) is 0 Å². The van der Waals surface area contributed by atoms with Gasteiger partial charge in [-0.2, -0.15) is 0 Å². The van der Waals surface area contributed by atoms with Gasteiger partial charge in [-0.05, 0) is 78.6 Å². The summed E-state index contributed by atoms with van der Waals surface area (Å²) >= 11 is 1.75. The highest BCUT2D eigenvalue weighted by Gasteiger charge is 2.14. The molecule has 1 aromatic carbocycles. The summed E-state index contributed by atoms with van der Waals surface area (Å²) in [5.41, 5.74) is 4.55. The molecule has 3 aromatic rings. The van der Waals surface area contributed by atoms with E-state index in [0.717, 1.165) is 36.2 Å². The Morgan fingerprint density at radius 1 is 1.00 bits per heavy atom. The Balaban J connectivity index is 1.65. The lowest BCUT2D eigenvalue weighted by atomic mass is 9.96. The minimum atomic E-state index is 0.294. The summed E-state index contributed by atoms with van der Waals surface area (Å²) in [4.78, 5) is 11.4. The number of aromatic nitrogens is 1. The molecule has 3 heterocycles. The summed E-state index contributed by atoms with van der Waals surface area (Å²) in [5, 5.41) is 9.44. The molecule has 3 nitrogen and oxygen atoms in total. The van der Waals surface area contributed by atoms with Crippen molar-refractivity contribution in [2.45, 2.75) is 12.8 Å². The van der Waals surface area contributed by atoms with Gasteiger partial charge in [0.1, 0.15) is 5.75 Å². The van der Waals surface area contributed by atoms with Gasteiger partial charge in [0.15, 0.2) is 0 Å². The van der Waals surface area contributed by atoms with Crippen LogP contribution in [0.1, 0.15) is 23.3 Å². The first kappa shape index (κ1) is 15.8. The number of hydrogen-bond acceptors (Lipinski definition) is 4. The number of thiophene rings is 1. The van der Waals surface area contributed by atoms with Gasteiger partial charge in [-0.1, -0.05) is 0 Å². The minimum absolute atomic E-state index is 0.294. The highest BCUT2D eigenvalue weighted by molar-refractivity contribution is 7.16. The Labute approximate surface area is 151 Å². The smallest absolute Gasteiger partial charge is 0.115 e. The zero-order valence-corrected chi connectivity index (χ0v) is 14.5. The Bertz CT molecular complexity index is 924. The van der Waals surface area contributed by atoms with Gasteiger partial charge in [0.25, 0.3) is 0 Å². The zero-order valence-electron chi connectivity index (χ0n) is 13.7. The molecular weight excluding hydrogens is 328 g/mol. The summed E-state index contributed by atoms with van der Waals surface area (Å²) in [6.07, 6.45) is 8.05. The summed E-state index contributed by atoms with van der Waals surface area (Å²) in [7, 11) is 0. The van der Waals surface area contributed by atoms with E-state index in [1.807, 2.05) is 24.4 Å². The third kappa shape index (κ3) is 3.54. The summed E-state index contributed by atoms with van der Waals surface area (Å²) in [6, 6.07) is 15.6. The predicted octanol–water partition coefficient (Wildman–Crippen LogP) is 5.18. The summed E-state index contributed by atoms with van der Waals surface area (Å²) in [5.74, 6) is 0.294. The number of allylic oxidation sites excluding steroid dienone is 1. The van der Waals surface area contributed by atoms with Crippen LogP contribution in [0.25, 0.3) is 16.5 Å². The number of aromatic hydroxyl groups is 1. The molecular formula is C21H18N2OS. The van der Waals surface area contributed by atoms with E-state index in [2.05, 4.69) is 29.3 Å². The van der Waals surface area contributed by atoms with Crippen molar-refractivity contribution in [2.24, 2.45) is 4.99 Å². The molecule has 0 saturated heterocycles. The maximum absolute atomic E-state index is 9.44. The molecule has 1 aliphatic heterocycles. The van der Waals surface area contributed by atoms with Crippen molar-refractivity contribution < 1.29 is 5.11 Å². The Kier molecular flexibility index (Phi) is 4.44. The highest BCUT2D eigenvalue weighted by Crippen LogP contribution is 2.31. The van der Waals surface area contributed by atoms with Crippen molar-refractivity contribution >= 4 is 23.1 Å². The number of nitrogens with zero attached hydrogens (tertiary/aromatic N) is 2. The summed E-state index contributed by atoms with van der Waals surface area (Å²) in [6.45, 7) is 0.880. The van der Waals surface area contributed by atoms with E-state index in [1.54, 1.807) is 29.7 Å². The first-order valence-electron chi connectivity index (χ1n) is 8.35. The Hall–Kier alpha value is -2.72. The van der Waals surface area contributed by atoms with Gasteiger partial charge in [0, 0.05) is 34.3 Å². The number of phenolic OH excluding ortho intramolecular Hbond substituents is 1. The molecule has 0 spiro atoms. The molecule has 0 unspecified atom stereocenters. The average Bonchev–Trinajstić information content (AvgIpc) is 3.12. The average molecular weight is 346 g/mol. The molecule has 2 aromatic heterocycles. The van der Waals surface area contributed by atoms with E-state index < -0.39 is 0 Å². The fourth-order valence-corrected chi connectivity index (χ4v) is 3.96. The second-order valence-electron chi connectivity index (χ2n) is 5.99. The molecule has 0 fully saturated rings. The second kappa shape index (κ2) is 7.03. The normalized spacial score (nSPS) is 16.0. The molecule has 124 valence electrons. The number of rotatable bonds is 3. The van der Waals surface area contributed by atoms with Crippen molar-refractivity contribution in [3.8, 4) is 16.2 Å². The highest BCUT2D eigenvalue weighted by atomic mass is 32.1. The first-order chi connectivity index (χ1) is 12.3. The standard InChI is InChI=1S/C21H18N2OS/c24-18-7-5-15(6-8-18)20-10-9-19(25-20)13-16-3-2-12-23-21(16)17-4-1-11-22-14-17/h1,4-11,13-14,24H,2-3,12H2/b16-13+. The molecule has 25 heavy (non-hydrogen) atoms. The maximum atomic E-state index is 9.44. The molecule has 1 N–H and O–H groups in total. The molecule has 1 aliphatic rings. The van der Waals surface area contributed by atoms with E-state index in [4.69, 9.17) is 4.99 Å². The molecule has 0 amide bonds.